The smallest absolute Gasteiger partial charge is 0.303 e. The number of hydrogen-bond donors (Lipinski definition) is 5. The zero-order valence-corrected chi connectivity index (χ0v) is 51.1. The molecular formula is C63H75F4NO23. The Morgan fingerprint density at radius 2 is 1.01 bits per heavy atom. The summed E-state index contributed by atoms with van der Waals surface area (Å²) in [4.78, 5) is 117. The molecule has 3 aliphatic carbocycles. The average molecular weight is 1290 g/mol. The van der Waals surface area contributed by atoms with Crippen LogP contribution in [0.25, 0.3) is 0 Å². The number of carbonyl (C=O) groups is 10. The molecule has 16 atom stereocenters. The van der Waals surface area contributed by atoms with Gasteiger partial charge in [-0.3, -0.25) is 47.9 Å². The highest BCUT2D eigenvalue weighted by Crippen LogP contribution is 2.49. The summed E-state index contributed by atoms with van der Waals surface area (Å²) in [5.74, 6) is -15.0. The van der Waals surface area contributed by atoms with Gasteiger partial charge in [-0.1, -0.05) is 43.0 Å². The first-order valence-electron chi connectivity index (χ1n) is 28.8. The number of ether oxygens (including phenoxy) is 8. The number of benzene rings is 3. The summed E-state index contributed by atoms with van der Waals surface area (Å²) in [6.07, 6.45) is -12.9. The minimum absolute atomic E-state index is 0.0448. The van der Waals surface area contributed by atoms with Gasteiger partial charge in [0.1, 0.15) is 29.9 Å². The molecule has 5 N–H and O–H groups in total. The number of amides is 1. The number of Topliss-reactive ketones (excluding diaryl/α,β-unsaturated/α-hetero) is 1. The Bertz CT molecular complexity index is 2990. The van der Waals surface area contributed by atoms with Gasteiger partial charge in [-0.25, -0.2) is 17.6 Å². The van der Waals surface area contributed by atoms with Crippen LogP contribution in [0.5, 0.6) is 0 Å². The molecule has 498 valence electrons. The summed E-state index contributed by atoms with van der Waals surface area (Å²) in [6.45, 7) is 12.4. The van der Waals surface area contributed by atoms with Crippen LogP contribution in [0.1, 0.15) is 116 Å². The quantitative estimate of drug-likeness (QED) is 0.0352. The van der Waals surface area contributed by atoms with E-state index in [4.69, 9.17) is 37.9 Å². The molecule has 91 heavy (non-hydrogen) atoms. The van der Waals surface area contributed by atoms with E-state index in [0.717, 1.165) is 20.8 Å². The van der Waals surface area contributed by atoms with Gasteiger partial charge in [0.05, 0.1) is 49.4 Å². The van der Waals surface area contributed by atoms with Gasteiger partial charge in [0, 0.05) is 97.4 Å². The van der Waals surface area contributed by atoms with Crippen LogP contribution in [-0.4, -0.2) is 160 Å². The molecule has 0 bridgehead atoms. The standard InChI is InChI=1S/C32H33F4NO6.C16H22O8.C15H20O9/c33-21-7-3-17(4-8-21)26(39)14-13-24-27(37(31(24)43)23-11-9-22(34)10-12-23)18-1-5-20(6-2-18)32(35,36)25-15-19(16-38)28(40)30(42)29(25)41;1-8-6-13(7-21-9(2)17)15(23-11(4)19)16(24-12(5)20)14(8)22-10(3)18;1-7(16)21-6-11-5-12(20)14(23-9(3)18)15(24-10(4)19)13(11)22-8(2)17/h1-12,19,24-30,38-42H,13-16H2;13-16H,1,6-7H2,2-5H3;11,13-15H,5-6H2,1-4H3/t19-,24-,25-,26+,27-,28-,29+,30+;13-,14+,15-,16-;11-,13-,14+,15+/m111/s1. The fraction of sp³-hybridized carbons (Fsp3) is 0.524. The molecule has 4 fully saturated rings. The van der Waals surface area contributed by atoms with Crippen LogP contribution in [0.2, 0.25) is 0 Å². The fourth-order valence-electron chi connectivity index (χ4n) is 11.4. The van der Waals surface area contributed by atoms with E-state index >= 15 is 8.78 Å². The first-order chi connectivity index (χ1) is 42.7. The number of aliphatic hydroxyl groups is 5. The minimum atomic E-state index is -3.63. The van der Waals surface area contributed by atoms with E-state index in [0.29, 0.717) is 22.4 Å². The average Bonchev–Trinajstić information content (AvgIpc) is 0.803. The normalized spacial score (nSPS) is 27.3. The number of nitrogens with zero attached hydrogens (tertiary/aromatic N) is 1. The maximum absolute atomic E-state index is 15.7. The maximum Gasteiger partial charge on any atom is 0.303 e. The number of ketones is 1. The van der Waals surface area contributed by atoms with Crippen LogP contribution in [0.4, 0.5) is 23.2 Å². The second-order valence-electron chi connectivity index (χ2n) is 22.4. The molecule has 4 aliphatic rings. The molecule has 0 radical (unpaired) electrons. The third-order valence-corrected chi connectivity index (χ3v) is 15.5. The summed E-state index contributed by atoms with van der Waals surface area (Å²) in [6, 6.07) is 15.2. The summed E-state index contributed by atoms with van der Waals surface area (Å²) in [7, 11) is 0. The predicted molar refractivity (Wildman–Crippen MR) is 305 cm³/mol. The Morgan fingerprint density at radius 1 is 0.571 bits per heavy atom. The van der Waals surface area contributed by atoms with E-state index in [9.17, 15) is 82.3 Å². The largest absolute Gasteiger partial charge is 0.465 e. The van der Waals surface area contributed by atoms with Crippen molar-refractivity contribution in [3.8, 4) is 0 Å². The maximum atomic E-state index is 15.7. The molecule has 1 aliphatic heterocycles. The third kappa shape index (κ3) is 19.7. The number of halogens is 4. The van der Waals surface area contributed by atoms with E-state index in [1.165, 1.54) is 112 Å². The Balaban J connectivity index is 0.000000268. The number of β-lactam (4-membered cyclic amide) rings is 1. The first-order valence-corrected chi connectivity index (χ1v) is 28.8. The molecule has 0 unspecified atom stereocenters. The van der Waals surface area contributed by atoms with Gasteiger partial charge in [-0.15, -0.1) is 0 Å². The molecule has 3 aromatic carbocycles. The molecule has 28 heteroatoms. The zero-order valence-electron chi connectivity index (χ0n) is 51.1. The van der Waals surface area contributed by atoms with Crippen molar-refractivity contribution in [3.05, 3.63) is 113 Å². The highest BCUT2D eigenvalue weighted by Gasteiger charge is 2.55. The highest BCUT2D eigenvalue weighted by atomic mass is 19.3. The van der Waals surface area contributed by atoms with Gasteiger partial charge < -0.3 is 68.3 Å². The number of carbonyl (C=O) groups excluding carboxylic acids is 10. The van der Waals surface area contributed by atoms with Gasteiger partial charge in [0.15, 0.2) is 30.2 Å². The molecule has 0 aromatic heterocycles. The highest BCUT2D eigenvalue weighted by molar-refractivity contribution is 6.03. The van der Waals surface area contributed by atoms with E-state index < -0.39 is 186 Å². The summed E-state index contributed by atoms with van der Waals surface area (Å²) in [5.41, 5.74) is 1.43. The zero-order chi connectivity index (χ0) is 67.9. The Labute approximate surface area is 520 Å². The first kappa shape index (κ1) is 73.6. The second-order valence-corrected chi connectivity index (χ2v) is 22.4. The van der Waals surface area contributed by atoms with Gasteiger partial charge in [-0.2, -0.15) is 0 Å². The lowest BCUT2D eigenvalue weighted by Crippen LogP contribution is -2.57. The van der Waals surface area contributed by atoms with Crippen molar-refractivity contribution >= 4 is 65.1 Å². The van der Waals surface area contributed by atoms with Crippen molar-refractivity contribution in [3.63, 3.8) is 0 Å². The summed E-state index contributed by atoms with van der Waals surface area (Å²) < 4.78 is 98.9. The molecule has 1 saturated heterocycles. The van der Waals surface area contributed by atoms with Crippen molar-refractivity contribution in [1.29, 1.82) is 0 Å². The number of rotatable bonds is 19. The van der Waals surface area contributed by atoms with Crippen LogP contribution < -0.4 is 4.90 Å². The van der Waals surface area contributed by atoms with Crippen molar-refractivity contribution in [1.82, 2.24) is 0 Å². The number of hydrogen-bond acceptors (Lipinski definition) is 23. The van der Waals surface area contributed by atoms with Crippen molar-refractivity contribution < 1.29 is 129 Å². The van der Waals surface area contributed by atoms with E-state index in [-0.39, 0.29) is 44.8 Å². The molecule has 1 amide bonds. The van der Waals surface area contributed by atoms with Crippen LogP contribution in [0.3, 0.4) is 0 Å². The topological polar surface area (TPSA) is 349 Å². The fourth-order valence-corrected chi connectivity index (χ4v) is 11.4. The van der Waals surface area contributed by atoms with Gasteiger partial charge in [-0.05, 0) is 78.8 Å². The third-order valence-electron chi connectivity index (χ3n) is 15.5. The molecular weight excluding hydrogens is 1210 g/mol. The van der Waals surface area contributed by atoms with Crippen molar-refractivity contribution in [2.75, 3.05) is 24.7 Å². The Kier molecular flexibility index (Phi) is 26.4. The molecule has 7 rings (SSSR count). The lowest BCUT2D eigenvalue weighted by Gasteiger charge is -2.48. The monoisotopic (exact) mass is 1290 g/mol. The number of esters is 8. The van der Waals surface area contributed by atoms with Crippen LogP contribution in [-0.2, 0) is 91.8 Å². The lowest BCUT2D eigenvalue weighted by molar-refractivity contribution is -0.202. The van der Waals surface area contributed by atoms with E-state index in [2.05, 4.69) is 6.58 Å². The molecule has 3 saturated carbocycles. The molecule has 0 spiro atoms. The van der Waals surface area contributed by atoms with Crippen LogP contribution in [0, 0.1) is 41.2 Å². The van der Waals surface area contributed by atoms with Crippen molar-refractivity contribution in [2.24, 2.45) is 29.6 Å². The van der Waals surface area contributed by atoms with E-state index in [1.807, 2.05) is 0 Å². The number of anilines is 1. The lowest BCUT2D eigenvalue weighted by atomic mass is 9.72. The molecule has 1 heterocycles. The van der Waals surface area contributed by atoms with E-state index in [1.54, 1.807) is 0 Å². The number of aliphatic hydroxyl groups excluding tert-OH is 5. The summed E-state index contributed by atoms with van der Waals surface area (Å²) in [5, 5.41) is 50.7. The van der Waals surface area contributed by atoms with Crippen LogP contribution in [0.15, 0.2) is 84.9 Å². The van der Waals surface area contributed by atoms with Gasteiger partial charge in [0.25, 0.3) is 5.92 Å². The van der Waals surface area contributed by atoms with Crippen molar-refractivity contribution in [2.45, 2.75) is 160 Å². The molecule has 3 aromatic rings. The SMILES string of the molecule is C=C1C[C@H](COC(C)=O)[C@@H](OC(C)=O)[C@H](OC(C)=O)[C@H]1OC(C)=O.CC(=O)OC[C@H]1CC(=O)[C@H](OC(C)=O)[C@@H](OC(C)=O)[C@@H]1OC(C)=O.O=C1[C@H](CC[C@H](O)c2ccc(F)cc2)[C@@H](c2ccc(C(F)(F)[C@@H]3C[C@H](CO)[C@@H](O)[C@H](O)[C@H]3O)cc2)N1c1ccc(F)cc1. The number of alkyl halides is 2. The summed E-state index contributed by atoms with van der Waals surface area (Å²) >= 11 is 0. The minimum Gasteiger partial charge on any atom is -0.465 e. The second kappa shape index (κ2) is 32.7. The van der Waals surface area contributed by atoms with Gasteiger partial charge in [0.2, 0.25) is 5.91 Å². The molecule has 24 nitrogen and oxygen atoms in total. The Morgan fingerprint density at radius 3 is 1.47 bits per heavy atom. The van der Waals surface area contributed by atoms with Gasteiger partial charge >= 0.3 is 47.8 Å². The predicted octanol–water partition coefficient (Wildman–Crippen LogP) is 4.84. The van der Waals surface area contributed by atoms with Crippen LogP contribution >= 0.6 is 0 Å². The Hall–Kier alpha value is -8.18.